The fourth-order valence-electron chi connectivity index (χ4n) is 0.951. The monoisotopic (exact) mass is 295 g/mol. The van der Waals surface area contributed by atoms with Crippen molar-refractivity contribution in [1.82, 2.24) is 0 Å². The Balaban J connectivity index is 3.07. The highest BCUT2D eigenvalue weighted by molar-refractivity contribution is 9.10. The normalized spacial score (nSPS) is 9.71. The van der Waals surface area contributed by atoms with Crippen LogP contribution in [0.4, 0.5) is 10.5 Å². The standard InChI is InChI=1S/C8H7BrClNO2S/c1-13-7-5(9)2-4(3-6(7)10)11-8(12)14/h2-3H,1H3,(H2,11,12,14). The number of nitrogens with one attached hydrogen (secondary N) is 1. The number of benzene rings is 1. The van der Waals surface area contributed by atoms with Crippen LogP contribution >= 0.6 is 40.2 Å². The maximum Gasteiger partial charge on any atom is 0.280 e. The minimum Gasteiger partial charge on any atom is -0.494 e. The molecule has 0 fully saturated rings. The van der Waals surface area contributed by atoms with Crippen LogP contribution in [0.2, 0.25) is 5.02 Å². The van der Waals surface area contributed by atoms with Gasteiger partial charge in [0.25, 0.3) is 5.24 Å². The van der Waals surface area contributed by atoms with E-state index in [1.807, 2.05) is 0 Å². The molecule has 76 valence electrons. The molecular weight excluding hydrogens is 290 g/mol. The Bertz CT molecular complexity index is 349. The molecule has 0 spiro atoms. The maximum absolute atomic E-state index is 10.7. The zero-order valence-electron chi connectivity index (χ0n) is 7.17. The molecular formula is C8H7BrClNO2S. The molecule has 0 aromatic heterocycles. The third kappa shape index (κ3) is 2.80. The summed E-state index contributed by atoms with van der Waals surface area (Å²) in [4.78, 5) is 10.7. The molecule has 3 nitrogen and oxygen atoms in total. The second-order valence-electron chi connectivity index (χ2n) is 2.40. The number of thiol groups is 1. The molecule has 0 saturated heterocycles. The molecule has 0 aliphatic rings. The number of anilines is 1. The van der Waals surface area contributed by atoms with Crippen molar-refractivity contribution in [3.05, 3.63) is 21.6 Å². The van der Waals surface area contributed by atoms with Crippen molar-refractivity contribution in [3.8, 4) is 5.75 Å². The molecule has 0 radical (unpaired) electrons. The number of hydrogen-bond donors (Lipinski definition) is 2. The fourth-order valence-corrected chi connectivity index (χ4v) is 2.11. The highest BCUT2D eigenvalue weighted by atomic mass is 79.9. The smallest absolute Gasteiger partial charge is 0.280 e. The van der Waals surface area contributed by atoms with Crippen LogP contribution in [0.3, 0.4) is 0 Å². The van der Waals surface area contributed by atoms with Crippen LogP contribution in [0.5, 0.6) is 5.75 Å². The zero-order valence-corrected chi connectivity index (χ0v) is 10.4. The molecule has 0 aliphatic heterocycles. The van der Waals surface area contributed by atoms with Gasteiger partial charge in [-0.2, -0.15) is 0 Å². The van der Waals surface area contributed by atoms with Crippen molar-refractivity contribution >= 4 is 51.1 Å². The molecule has 0 saturated carbocycles. The van der Waals surface area contributed by atoms with E-state index in [4.69, 9.17) is 16.3 Å². The van der Waals surface area contributed by atoms with Crippen molar-refractivity contribution in [2.75, 3.05) is 12.4 Å². The molecule has 1 N–H and O–H groups in total. The number of amides is 1. The van der Waals surface area contributed by atoms with Crippen molar-refractivity contribution < 1.29 is 9.53 Å². The van der Waals surface area contributed by atoms with Crippen LogP contribution < -0.4 is 10.1 Å². The topological polar surface area (TPSA) is 38.3 Å². The molecule has 1 rings (SSSR count). The minimum absolute atomic E-state index is 0.416. The third-order valence-corrected chi connectivity index (χ3v) is 2.44. The average molecular weight is 297 g/mol. The summed E-state index contributed by atoms with van der Waals surface area (Å²) < 4.78 is 5.70. The SMILES string of the molecule is COc1c(Cl)cc(NC(=O)S)cc1Br. The van der Waals surface area contributed by atoms with Crippen LogP contribution in [0.1, 0.15) is 0 Å². The Labute approximate surface area is 100 Å². The van der Waals surface area contributed by atoms with Crippen molar-refractivity contribution in [2.45, 2.75) is 0 Å². The van der Waals surface area contributed by atoms with Crippen LogP contribution in [-0.4, -0.2) is 12.3 Å². The molecule has 1 amide bonds. The summed E-state index contributed by atoms with van der Waals surface area (Å²) in [6.07, 6.45) is 0. The molecule has 1 aromatic carbocycles. The van der Waals surface area contributed by atoms with E-state index in [-0.39, 0.29) is 0 Å². The average Bonchev–Trinajstić information content (AvgIpc) is 2.01. The van der Waals surface area contributed by atoms with Gasteiger partial charge in [-0.05, 0) is 28.1 Å². The quantitative estimate of drug-likeness (QED) is 0.819. The molecule has 0 atom stereocenters. The fraction of sp³-hybridized carbons (Fsp3) is 0.125. The highest BCUT2D eigenvalue weighted by Gasteiger charge is 2.08. The zero-order chi connectivity index (χ0) is 10.7. The predicted octanol–water partition coefficient (Wildman–Crippen LogP) is 3.57. The molecule has 0 bridgehead atoms. The Morgan fingerprint density at radius 2 is 2.29 bits per heavy atom. The summed E-state index contributed by atoms with van der Waals surface area (Å²) in [5.74, 6) is 0.531. The van der Waals surface area contributed by atoms with E-state index in [1.165, 1.54) is 7.11 Å². The molecule has 0 aliphatic carbocycles. The summed E-state index contributed by atoms with van der Waals surface area (Å²) in [6.45, 7) is 0. The van der Waals surface area contributed by atoms with Crippen LogP contribution in [-0.2, 0) is 0 Å². The molecule has 0 unspecified atom stereocenters. The second-order valence-corrected chi connectivity index (χ2v) is 4.07. The lowest BCUT2D eigenvalue weighted by Crippen LogP contribution is -2.01. The molecule has 6 heteroatoms. The first-order chi connectivity index (χ1) is 6.54. The van der Waals surface area contributed by atoms with Gasteiger partial charge >= 0.3 is 0 Å². The number of ether oxygens (including phenoxy) is 1. The number of methoxy groups -OCH3 is 1. The van der Waals surface area contributed by atoms with E-state index in [1.54, 1.807) is 12.1 Å². The van der Waals surface area contributed by atoms with Gasteiger partial charge in [-0.25, -0.2) is 0 Å². The van der Waals surface area contributed by atoms with E-state index >= 15 is 0 Å². The Morgan fingerprint density at radius 3 is 2.71 bits per heavy atom. The molecule has 14 heavy (non-hydrogen) atoms. The van der Waals surface area contributed by atoms with Crippen LogP contribution in [0.25, 0.3) is 0 Å². The van der Waals surface area contributed by atoms with Crippen LogP contribution in [0.15, 0.2) is 16.6 Å². The summed E-state index contributed by atoms with van der Waals surface area (Å²) in [7, 11) is 1.52. The summed E-state index contributed by atoms with van der Waals surface area (Å²) >= 11 is 12.7. The van der Waals surface area contributed by atoms with Gasteiger partial charge in [0.2, 0.25) is 0 Å². The minimum atomic E-state index is -0.446. The Morgan fingerprint density at radius 1 is 1.64 bits per heavy atom. The largest absolute Gasteiger partial charge is 0.494 e. The van der Waals surface area contributed by atoms with Crippen molar-refractivity contribution in [3.63, 3.8) is 0 Å². The van der Waals surface area contributed by atoms with E-state index in [2.05, 4.69) is 33.9 Å². The van der Waals surface area contributed by atoms with Gasteiger partial charge in [0.15, 0.2) is 5.75 Å². The maximum atomic E-state index is 10.7. The van der Waals surface area contributed by atoms with E-state index in [0.29, 0.717) is 20.9 Å². The van der Waals surface area contributed by atoms with Gasteiger partial charge < -0.3 is 10.1 Å². The number of hydrogen-bond acceptors (Lipinski definition) is 2. The highest BCUT2D eigenvalue weighted by Crippen LogP contribution is 2.35. The van der Waals surface area contributed by atoms with Gasteiger partial charge in [-0.15, -0.1) is 0 Å². The van der Waals surface area contributed by atoms with E-state index in [0.717, 1.165) is 0 Å². The van der Waals surface area contributed by atoms with E-state index in [9.17, 15) is 4.79 Å². The number of rotatable bonds is 2. The summed E-state index contributed by atoms with van der Waals surface area (Å²) in [6, 6.07) is 3.26. The van der Waals surface area contributed by atoms with Crippen molar-refractivity contribution in [2.24, 2.45) is 0 Å². The van der Waals surface area contributed by atoms with Gasteiger partial charge in [0, 0.05) is 5.69 Å². The third-order valence-electron chi connectivity index (χ3n) is 1.45. The number of halogens is 2. The first kappa shape index (κ1) is 11.7. The summed E-state index contributed by atoms with van der Waals surface area (Å²) in [5, 5.41) is 2.46. The van der Waals surface area contributed by atoms with Gasteiger partial charge in [0.1, 0.15) is 0 Å². The van der Waals surface area contributed by atoms with Gasteiger partial charge in [-0.3, -0.25) is 4.79 Å². The lowest BCUT2D eigenvalue weighted by Gasteiger charge is -2.08. The van der Waals surface area contributed by atoms with Gasteiger partial charge in [-0.1, -0.05) is 24.2 Å². The lowest BCUT2D eigenvalue weighted by atomic mass is 10.3. The second kappa shape index (κ2) is 4.91. The molecule has 1 aromatic rings. The van der Waals surface area contributed by atoms with E-state index < -0.39 is 5.24 Å². The van der Waals surface area contributed by atoms with Crippen LogP contribution in [0, 0.1) is 0 Å². The lowest BCUT2D eigenvalue weighted by molar-refractivity contribution is 0.270. The van der Waals surface area contributed by atoms with Crippen molar-refractivity contribution in [1.29, 1.82) is 0 Å². The first-order valence-corrected chi connectivity index (χ1v) is 5.19. The Hall–Kier alpha value is -0.390. The summed E-state index contributed by atoms with van der Waals surface area (Å²) in [5.41, 5.74) is 0.558. The number of carbonyl (C=O) groups excluding carboxylic acids is 1. The van der Waals surface area contributed by atoms with Gasteiger partial charge in [0.05, 0.1) is 16.6 Å². The predicted molar refractivity (Wildman–Crippen MR) is 63.7 cm³/mol. The first-order valence-electron chi connectivity index (χ1n) is 3.57. The Kier molecular flexibility index (Phi) is 4.10. The molecule has 0 heterocycles. The number of carbonyl (C=O) groups is 1.